The van der Waals surface area contributed by atoms with E-state index in [2.05, 4.69) is 26.3 Å². The van der Waals surface area contributed by atoms with Gasteiger partial charge in [0.25, 0.3) is 0 Å². The van der Waals surface area contributed by atoms with Gasteiger partial charge < -0.3 is 10.1 Å². The number of nitrogens with zero attached hydrogens (tertiary/aromatic N) is 3. The lowest BCUT2D eigenvalue weighted by Crippen LogP contribution is -2.29. The Morgan fingerprint density at radius 1 is 1.13 bits per heavy atom. The number of ether oxygens (including phenoxy) is 1. The first-order chi connectivity index (χ1) is 15.3. The first-order valence-corrected chi connectivity index (χ1v) is 12.0. The van der Waals surface area contributed by atoms with Crippen LogP contribution in [0.5, 0.6) is 5.88 Å². The van der Waals surface area contributed by atoms with Crippen molar-refractivity contribution in [2.24, 2.45) is 0 Å². The molecule has 1 aliphatic rings. The molecule has 0 radical (unpaired) electrons. The highest BCUT2D eigenvalue weighted by atomic mass is 32.2. The van der Waals surface area contributed by atoms with Crippen LogP contribution in [0.3, 0.4) is 0 Å². The van der Waals surface area contributed by atoms with Crippen LogP contribution >= 0.6 is 11.8 Å². The lowest BCUT2D eigenvalue weighted by molar-refractivity contribution is -0.120. The Bertz CT molecular complexity index is 810. The molecule has 1 saturated heterocycles. The Kier molecular flexibility index (Phi) is 10.4. The van der Waals surface area contributed by atoms with Crippen LogP contribution in [0.1, 0.15) is 37.7 Å². The standard InChI is InChI=1S/C24H32N4O2S/c29-22(9-8-18-31-24-10-2-3-13-27-24)25-12-4-7-17-30-23-19-21(11-14-26-23)20-28-15-5-1-6-16-28/h2-4,7,10-11,13-14,19H,1,5-6,8-9,12,15-18,20H2,(H,25,29)/b7-4-. The van der Waals surface area contributed by atoms with Crippen molar-refractivity contribution < 1.29 is 9.53 Å². The Morgan fingerprint density at radius 3 is 2.87 bits per heavy atom. The minimum atomic E-state index is 0.0688. The van der Waals surface area contributed by atoms with E-state index in [1.54, 1.807) is 18.0 Å². The van der Waals surface area contributed by atoms with Crippen molar-refractivity contribution in [3.63, 3.8) is 0 Å². The molecule has 0 aromatic carbocycles. The molecule has 166 valence electrons. The molecular formula is C24H32N4O2S. The summed E-state index contributed by atoms with van der Waals surface area (Å²) in [6.07, 6.45) is 12.7. The molecule has 1 N–H and O–H groups in total. The monoisotopic (exact) mass is 440 g/mol. The van der Waals surface area contributed by atoms with Gasteiger partial charge >= 0.3 is 0 Å². The van der Waals surface area contributed by atoms with Crippen molar-refractivity contribution in [2.75, 3.05) is 32.0 Å². The number of amides is 1. The fraction of sp³-hybridized carbons (Fsp3) is 0.458. The third-order valence-corrected chi connectivity index (χ3v) is 6.03. The van der Waals surface area contributed by atoms with Gasteiger partial charge in [0.05, 0.1) is 5.03 Å². The number of hydrogen-bond acceptors (Lipinski definition) is 6. The normalized spacial score (nSPS) is 14.6. The number of pyridine rings is 2. The number of piperidine rings is 1. The molecule has 0 bridgehead atoms. The number of likely N-dealkylation sites (tertiary alicyclic amines) is 1. The van der Waals surface area contributed by atoms with E-state index >= 15 is 0 Å². The Balaban J connectivity index is 1.24. The molecule has 31 heavy (non-hydrogen) atoms. The minimum Gasteiger partial charge on any atom is -0.473 e. The Labute approximate surface area is 189 Å². The van der Waals surface area contributed by atoms with E-state index in [-0.39, 0.29) is 5.91 Å². The topological polar surface area (TPSA) is 67.3 Å². The molecule has 6 nitrogen and oxygen atoms in total. The first kappa shape index (κ1) is 23.3. The maximum Gasteiger partial charge on any atom is 0.220 e. The zero-order chi connectivity index (χ0) is 21.6. The highest BCUT2D eigenvalue weighted by Gasteiger charge is 2.10. The SMILES string of the molecule is O=C(CCCSc1ccccn1)NC/C=C\COc1cc(CN2CCCCC2)ccn1. The third-order valence-electron chi connectivity index (χ3n) is 5.00. The zero-order valence-electron chi connectivity index (χ0n) is 18.0. The predicted octanol–water partition coefficient (Wildman–Crippen LogP) is 4.09. The number of carbonyl (C=O) groups is 1. The highest BCUT2D eigenvalue weighted by molar-refractivity contribution is 7.99. The average molecular weight is 441 g/mol. The number of rotatable bonds is 12. The molecule has 3 rings (SSSR count). The van der Waals surface area contributed by atoms with Gasteiger partial charge in [-0.2, -0.15) is 0 Å². The van der Waals surface area contributed by atoms with Crippen molar-refractivity contribution in [1.82, 2.24) is 20.2 Å². The van der Waals surface area contributed by atoms with Crippen molar-refractivity contribution in [3.8, 4) is 5.88 Å². The summed E-state index contributed by atoms with van der Waals surface area (Å²) in [6.45, 7) is 4.27. The van der Waals surface area contributed by atoms with Crippen LogP contribution in [0.15, 0.2) is 59.9 Å². The summed E-state index contributed by atoms with van der Waals surface area (Å²) in [5.74, 6) is 1.60. The molecule has 1 aliphatic heterocycles. The molecule has 0 spiro atoms. The van der Waals surface area contributed by atoms with Crippen LogP contribution in [-0.2, 0) is 11.3 Å². The molecule has 0 unspecified atom stereocenters. The van der Waals surface area contributed by atoms with Crippen LogP contribution in [0, 0.1) is 0 Å². The number of aromatic nitrogens is 2. The number of thioether (sulfide) groups is 1. The molecule has 0 atom stereocenters. The fourth-order valence-electron chi connectivity index (χ4n) is 3.39. The average Bonchev–Trinajstić information content (AvgIpc) is 2.81. The highest BCUT2D eigenvalue weighted by Crippen LogP contribution is 2.16. The Morgan fingerprint density at radius 2 is 2.03 bits per heavy atom. The van der Waals surface area contributed by atoms with E-state index in [9.17, 15) is 4.79 Å². The molecule has 1 amide bonds. The van der Waals surface area contributed by atoms with Gasteiger partial charge in [0.1, 0.15) is 6.61 Å². The number of carbonyl (C=O) groups excluding carboxylic acids is 1. The van der Waals surface area contributed by atoms with E-state index in [1.807, 2.05) is 42.6 Å². The van der Waals surface area contributed by atoms with Crippen LogP contribution in [0.4, 0.5) is 0 Å². The quantitative estimate of drug-likeness (QED) is 0.305. The lowest BCUT2D eigenvalue weighted by atomic mass is 10.1. The predicted molar refractivity (Wildman–Crippen MR) is 125 cm³/mol. The van der Waals surface area contributed by atoms with Gasteiger partial charge in [0.2, 0.25) is 11.8 Å². The maximum atomic E-state index is 11.9. The van der Waals surface area contributed by atoms with Gasteiger partial charge in [0.15, 0.2) is 0 Å². The van der Waals surface area contributed by atoms with Crippen molar-refractivity contribution in [2.45, 2.75) is 43.7 Å². The molecule has 7 heteroatoms. The van der Waals surface area contributed by atoms with Crippen molar-refractivity contribution >= 4 is 17.7 Å². The molecular weight excluding hydrogens is 408 g/mol. The second kappa shape index (κ2) is 13.8. The van der Waals surface area contributed by atoms with Crippen LogP contribution in [-0.4, -0.2) is 52.8 Å². The molecule has 0 aliphatic carbocycles. The van der Waals surface area contributed by atoms with Crippen LogP contribution in [0.25, 0.3) is 0 Å². The van der Waals surface area contributed by atoms with E-state index in [0.29, 0.717) is 25.5 Å². The first-order valence-electron chi connectivity index (χ1n) is 11.1. The largest absolute Gasteiger partial charge is 0.473 e. The summed E-state index contributed by atoms with van der Waals surface area (Å²) in [5, 5.41) is 3.90. The molecule has 3 heterocycles. The molecule has 2 aromatic rings. The summed E-state index contributed by atoms with van der Waals surface area (Å²) in [6, 6.07) is 9.94. The van der Waals surface area contributed by atoms with Crippen LogP contribution < -0.4 is 10.1 Å². The second-order valence-corrected chi connectivity index (χ2v) is 8.66. The fourth-order valence-corrected chi connectivity index (χ4v) is 4.20. The van der Waals surface area contributed by atoms with Gasteiger partial charge in [-0.05, 0) is 67.9 Å². The minimum absolute atomic E-state index is 0.0688. The van der Waals surface area contributed by atoms with Gasteiger partial charge in [-0.1, -0.05) is 18.6 Å². The number of nitrogens with one attached hydrogen (secondary N) is 1. The summed E-state index contributed by atoms with van der Waals surface area (Å²) >= 11 is 1.68. The van der Waals surface area contributed by atoms with Crippen molar-refractivity contribution in [3.05, 3.63) is 60.4 Å². The summed E-state index contributed by atoms with van der Waals surface area (Å²) in [4.78, 5) is 22.9. The number of hydrogen-bond donors (Lipinski definition) is 1. The third kappa shape index (κ3) is 9.53. The van der Waals surface area contributed by atoms with E-state index in [0.717, 1.165) is 23.7 Å². The Hall–Kier alpha value is -2.38. The molecule has 0 saturated carbocycles. The summed E-state index contributed by atoms with van der Waals surface area (Å²) in [5.41, 5.74) is 1.24. The van der Waals surface area contributed by atoms with Crippen molar-refractivity contribution in [1.29, 1.82) is 0 Å². The zero-order valence-corrected chi connectivity index (χ0v) is 18.9. The molecule has 2 aromatic heterocycles. The van der Waals surface area contributed by atoms with Gasteiger partial charge in [-0.25, -0.2) is 9.97 Å². The van der Waals surface area contributed by atoms with Gasteiger partial charge in [0, 0.05) is 38.0 Å². The van der Waals surface area contributed by atoms with E-state index in [1.165, 1.54) is 37.9 Å². The van der Waals surface area contributed by atoms with E-state index < -0.39 is 0 Å². The summed E-state index contributed by atoms with van der Waals surface area (Å²) in [7, 11) is 0. The molecule has 1 fully saturated rings. The summed E-state index contributed by atoms with van der Waals surface area (Å²) < 4.78 is 5.73. The smallest absolute Gasteiger partial charge is 0.220 e. The van der Waals surface area contributed by atoms with Gasteiger partial charge in [-0.15, -0.1) is 11.8 Å². The maximum absolute atomic E-state index is 11.9. The lowest BCUT2D eigenvalue weighted by Gasteiger charge is -2.26. The van der Waals surface area contributed by atoms with Crippen LogP contribution in [0.2, 0.25) is 0 Å². The van der Waals surface area contributed by atoms with Gasteiger partial charge in [-0.3, -0.25) is 9.69 Å². The second-order valence-electron chi connectivity index (χ2n) is 7.55. The van der Waals surface area contributed by atoms with E-state index in [4.69, 9.17) is 4.74 Å².